The van der Waals surface area contributed by atoms with Gasteiger partial charge in [0.05, 0.1) is 0 Å². The van der Waals surface area contributed by atoms with E-state index in [0.29, 0.717) is 24.0 Å². The molecule has 3 fully saturated rings. The molecule has 0 spiro atoms. The van der Waals surface area contributed by atoms with Crippen LogP contribution in [0.5, 0.6) is 0 Å². The van der Waals surface area contributed by atoms with E-state index in [1.165, 1.54) is 38.5 Å². The van der Waals surface area contributed by atoms with Gasteiger partial charge in [-0.05, 0) is 57.9 Å². The van der Waals surface area contributed by atoms with E-state index < -0.39 is 0 Å². The molecule has 2 unspecified atom stereocenters. The van der Waals surface area contributed by atoms with Crippen LogP contribution < -0.4 is 5.32 Å². The first-order valence-electron chi connectivity index (χ1n) is 7.30. The molecule has 1 heterocycles. The van der Waals surface area contributed by atoms with Crippen LogP contribution in [-0.4, -0.2) is 35.5 Å². The Labute approximate surface area is 104 Å². The molecule has 2 atom stereocenters. The Morgan fingerprint density at radius 3 is 2.59 bits per heavy atom. The van der Waals surface area contributed by atoms with E-state index in [1.807, 2.05) is 0 Å². The van der Waals surface area contributed by atoms with E-state index in [0.717, 1.165) is 18.9 Å². The lowest BCUT2D eigenvalue weighted by Crippen LogP contribution is -2.43. The van der Waals surface area contributed by atoms with Gasteiger partial charge in [-0.3, -0.25) is 4.79 Å². The third-order valence-corrected chi connectivity index (χ3v) is 4.55. The van der Waals surface area contributed by atoms with E-state index in [1.54, 1.807) is 0 Å². The van der Waals surface area contributed by atoms with Crippen LogP contribution in [0.3, 0.4) is 0 Å². The molecular weight excluding hydrogens is 212 g/mol. The Balaban J connectivity index is 1.59. The van der Waals surface area contributed by atoms with Gasteiger partial charge < -0.3 is 10.2 Å². The largest absolute Gasteiger partial charge is 0.337 e. The molecule has 2 saturated carbocycles. The molecule has 0 aromatic rings. The lowest BCUT2D eigenvalue weighted by atomic mass is 10.1. The highest BCUT2D eigenvalue weighted by molar-refractivity contribution is 5.78. The first-order chi connectivity index (χ1) is 8.25. The van der Waals surface area contributed by atoms with Crippen LogP contribution in [0.25, 0.3) is 0 Å². The van der Waals surface area contributed by atoms with Crippen molar-refractivity contribution in [3.8, 4) is 0 Å². The summed E-state index contributed by atoms with van der Waals surface area (Å²) in [6.07, 6.45) is 8.29. The van der Waals surface area contributed by atoms with Crippen molar-refractivity contribution >= 4 is 5.91 Å². The van der Waals surface area contributed by atoms with Gasteiger partial charge in [0.2, 0.25) is 5.91 Å². The van der Waals surface area contributed by atoms with Gasteiger partial charge in [0.25, 0.3) is 0 Å². The van der Waals surface area contributed by atoms with Crippen LogP contribution >= 0.6 is 0 Å². The molecule has 1 aliphatic heterocycles. The van der Waals surface area contributed by atoms with E-state index >= 15 is 0 Å². The fourth-order valence-electron chi connectivity index (χ4n) is 3.17. The predicted octanol–water partition coefficient (Wildman–Crippen LogP) is 1.92. The van der Waals surface area contributed by atoms with Crippen molar-refractivity contribution in [1.29, 1.82) is 0 Å². The zero-order valence-electron chi connectivity index (χ0n) is 10.8. The van der Waals surface area contributed by atoms with Crippen LogP contribution in [0.2, 0.25) is 0 Å². The molecule has 0 radical (unpaired) electrons. The molecule has 96 valence electrons. The molecule has 3 aliphatic rings. The molecule has 3 rings (SSSR count). The Bertz CT molecular complexity index is 291. The summed E-state index contributed by atoms with van der Waals surface area (Å²) in [5.74, 6) is 1.21. The van der Waals surface area contributed by atoms with Gasteiger partial charge >= 0.3 is 0 Å². The lowest BCUT2D eigenvalue weighted by molar-refractivity contribution is -0.134. The zero-order chi connectivity index (χ0) is 11.8. The summed E-state index contributed by atoms with van der Waals surface area (Å²) in [6.45, 7) is 3.36. The Morgan fingerprint density at radius 2 is 2.06 bits per heavy atom. The number of amides is 1. The van der Waals surface area contributed by atoms with Crippen LogP contribution in [0.1, 0.15) is 51.9 Å². The SMILES string of the molecule is CC(C1CC1)N(C(=O)CC1CCCN1)C1CC1. The van der Waals surface area contributed by atoms with Gasteiger partial charge in [-0.2, -0.15) is 0 Å². The lowest BCUT2D eigenvalue weighted by Gasteiger charge is -2.30. The second kappa shape index (κ2) is 4.60. The summed E-state index contributed by atoms with van der Waals surface area (Å²) in [5.41, 5.74) is 0. The van der Waals surface area contributed by atoms with Gasteiger partial charge in [-0.15, -0.1) is 0 Å². The van der Waals surface area contributed by atoms with Crippen molar-refractivity contribution in [2.24, 2.45) is 5.92 Å². The Morgan fingerprint density at radius 1 is 1.29 bits per heavy atom. The highest BCUT2D eigenvalue weighted by Crippen LogP contribution is 2.40. The molecule has 1 saturated heterocycles. The van der Waals surface area contributed by atoms with Crippen molar-refractivity contribution in [3.05, 3.63) is 0 Å². The van der Waals surface area contributed by atoms with Crippen molar-refractivity contribution in [2.45, 2.75) is 70.0 Å². The van der Waals surface area contributed by atoms with E-state index in [-0.39, 0.29) is 0 Å². The minimum absolute atomic E-state index is 0.409. The smallest absolute Gasteiger partial charge is 0.224 e. The summed E-state index contributed by atoms with van der Waals surface area (Å²) >= 11 is 0. The second-order valence-electron chi connectivity index (χ2n) is 6.11. The molecule has 0 bridgehead atoms. The molecule has 3 nitrogen and oxygen atoms in total. The van der Waals surface area contributed by atoms with Crippen LogP contribution in [0.4, 0.5) is 0 Å². The second-order valence-corrected chi connectivity index (χ2v) is 6.11. The van der Waals surface area contributed by atoms with Crippen LogP contribution in [-0.2, 0) is 4.79 Å². The average molecular weight is 236 g/mol. The number of nitrogens with zero attached hydrogens (tertiary/aromatic N) is 1. The molecule has 1 amide bonds. The molecule has 0 aromatic carbocycles. The van der Waals surface area contributed by atoms with Crippen molar-refractivity contribution in [2.75, 3.05) is 6.54 Å². The number of hydrogen-bond acceptors (Lipinski definition) is 2. The van der Waals surface area contributed by atoms with Gasteiger partial charge in [0, 0.05) is 24.5 Å². The predicted molar refractivity (Wildman–Crippen MR) is 67.7 cm³/mol. The van der Waals surface area contributed by atoms with Crippen molar-refractivity contribution in [3.63, 3.8) is 0 Å². The summed E-state index contributed by atoms with van der Waals surface area (Å²) in [5, 5.41) is 3.44. The molecule has 3 heteroatoms. The maximum Gasteiger partial charge on any atom is 0.224 e. The first-order valence-corrected chi connectivity index (χ1v) is 7.30. The fraction of sp³-hybridized carbons (Fsp3) is 0.929. The van der Waals surface area contributed by atoms with E-state index in [4.69, 9.17) is 0 Å². The number of carbonyl (C=O) groups is 1. The third-order valence-electron chi connectivity index (χ3n) is 4.55. The maximum absolute atomic E-state index is 12.4. The highest BCUT2D eigenvalue weighted by Gasteiger charge is 2.41. The molecule has 1 N–H and O–H groups in total. The monoisotopic (exact) mass is 236 g/mol. The standard InChI is InChI=1S/C14H24N2O/c1-10(11-4-5-11)16(13-6-7-13)14(17)9-12-3-2-8-15-12/h10-13,15H,2-9H2,1H3. The number of hydrogen-bond donors (Lipinski definition) is 1. The summed E-state index contributed by atoms with van der Waals surface area (Å²) in [7, 11) is 0. The number of rotatable bonds is 5. The maximum atomic E-state index is 12.4. The third kappa shape index (κ3) is 2.65. The minimum atomic E-state index is 0.409. The number of carbonyl (C=O) groups excluding carboxylic acids is 1. The van der Waals surface area contributed by atoms with Crippen LogP contribution in [0, 0.1) is 5.92 Å². The average Bonchev–Trinajstić information content (AvgIpc) is 3.19. The molecule has 2 aliphatic carbocycles. The normalized spacial score (nSPS) is 30.3. The van der Waals surface area contributed by atoms with Gasteiger partial charge in [0.1, 0.15) is 0 Å². The van der Waals surface area contributed by atoms with Crippen molar-refractivity contribution < 1.29 is 4.79 Å². The molecule has 0 aromatic heterocycles. The van der Waals surface area contributed by atoms with Crippen molar-refractivity contribution in [1.82, 2.24) is 10.2 Å². The Kier molecular flexibility index (Phi) is 3.12. The minimum Gasteiger partial charge on any atom is -0.337 e. The summed E-state index contributed by atoms with van der Waals surface area (Å²) in [6, 6.07) is 1.53. The highest BCUT2D eigenvalue weighted by atomic mass is 16.2. The van der Waals surface area contributed by atoms with Gasteiger partial charge in [-0.25, -0.2) is 0 Å². The van der Waals surface area contributed by atoms with Gasteiger partial charge in [0.15, 0.2) is 0 Å². The first kappa shape index (κ1) is 11.5. The topological polar surface area (TPSA) is 32.3 Å². The van der Waals surface area contributed by atoms with E-state index in [9.17, 15) is 4.79 Å². The van der Waals surface area contributed by atoms with Gasteiger partial charge in [-0.1, -0.05) is 0 Å². The van der Waals surface area contributed by atoms with E-state index in [2.05, 4.69) is 17.1 Å². The Hall–Kier alpha value is -0.570. The molecule has 17 heavy (non-hydrogen) atoms. The summed E-state index contributed by atoms with van der Waals surface area (Å²) in [4.78, 5) is 14.7. The number of nitrogens with one attached hydrogen (secondary N) is 1. The quantitative estimate of drug-likeness (QED) is 0.791. The van der Waals surface area contributed by atoms with Crippen LogP contribution in [0.15, 0.2) is 0 Å². The zero-order valence-corrected chi connectivity index (χ0v) is 10.8. The summed E-state index contributed by atoms with van der Waals surface area (Å²) < 4.78 is 0. The fourth-order valence-corrected chi connectivity index (χ4v) is 3.17. The molecular formula is C14H24N2O.